The number of carbonyl (C=O) groups excluding carboxylic acids is 1. The third-order valence-corrected chi connectivity index (χ3v) is 2.87. The van der Waals surface area contributed by atoms with Gasteiger partial charge in [-0.1, -0.05) is 0 Å². The van der Waals surface area contributed by atoms with E-state index in [1.165, 1.54) is 18.2 Å². The van der Waals surface area contributed by atoms with Gasteiger partial charge in [-0.2, -0.15) is 0 Å². The SMILES string of the molecule is C[C@@H]1COCCN1C(=O)c1ccc(F)c(N)c1. The van der Waals surface area contributed by atoms with E-state index >= 15 is 0 Å². The first-order valence-corrected chi connectivity index (χ1v) is 5.53. The van der Waals surface area contributed by atoms with Crippen molar-refractivity contribution in [3.63, 3.8) is 0 Å². The summed E-state index contributed by atoms with van der Waals surface area (Å²) in [4.78, 5) is 13.9. The van der Waals surface area contributed by atoms with Crippen LogP contribution in [0.4, 0.5) is 10.1 Å². The van der Waals surface area contributed by atoms with Gasteiger partial charge < -0.3 is 15.4 Å². The van der Waals surface area contributed by atoms with Crippen LogP contribution in [0.25, 0.3) is 0 Å². The highest BCUT2D eigenvalue weighted by Gasteiger charge is 2.24. The lowest BCUT2D eigenvalue weighted by molar-refractivity contribution is 0.00359. The Balaban J connectivity index is 2.21. The molecule has 0 aromatic heterocycles. The molecule has 1 aromatic carbocycles. The minimum atomic E-state index is -0.503. The van der Waals surface area contributed by atoms with E-state index in [0.717, 1.165) is 0 Å². The van der Waals surface area contributed by atoms with Crippen molar-refractivity contribution in [2.24, 2.45) is 0 Å². The standard InChI is InChI=1S/C12H15FN2O2/c1-8-7-17-5-4-15(8)12(16)9-2-3-10(13)11(14)6-9/h2-3,6,8H,4-5,7,14H2,1H3/t8-/m1/s1. The first-order chi connectivity index (χ1) is 8.09. The third kappa shape index (κ3) is 2.39. The Bertz CT molecular complexity index is 437. The maximum atomic E-state index is 13.0. The van der Waals surface area contributed by atoms with Crippen LogP contribution in [0.2, 0.25) is 0 Å². The molecule has 1 aromatic rings. The second-order valence-electron chi connectivity index (χ2n) is 4.16. The average Bonchev–Trinajstić information content (AvgIpc) is 2.32. The molecule has 4 nitrogen and oxygen atoms in total. The average molecular weight is 238 g/mol. The molecule has 1 saturated heterocycles. The molecule has 0 bridgehead atoms. The first kappa shape index (κ1) is 11.9. The van der Waals surface area contributed by atoms with Gasteiger partial charge in [0.25, 0.3) is 5.91 Å². The summed E-state index contributed by atoms with van der Waals surface area (Å²) in [5.41, 5.74) is 5.86. The highest BCUT2D eigenvalue weighted by molar-refractivity contribution is 5.95. The lowest BCUT2D eigenvalue weighted by Gasteiger charge is -2.33. The Morgan fingerprint density at radius 2 is 2.35 bits per heavy atom. The van der Waals surface area contributed by atoms with Crippen molar-refractivity contribution in [2.75, 3.05) is 25.5 Å². The van der Waals surface area contributed by atoms with Crippen LogP contribution in [0, 0.1) is 5.82 Å². The zero-order chi connectivity index (χ0) is 12.4. The monoisotopic (exact) mass is 238 g/mol. The molecule has 1 heterocycles. The predicted octanol–water partition coefficient (Wildman–Crippen LogP) is 1.27. The zero-order valence-corrected chi connectivity index (χ0v) is 9.65. The molecule has 2 N–H and O–H groups in total. The number of hydrogen-bond donors (Lipinski definition) is 1. The van der Waals surface area contributed by atoms with Gasteiger partial charge in [0.15, 0.2) is 0 Å². The van der Waals surface area contributed by atoms with Crippen molar-refractivity contribution in [2.45, 2.75) is 13.0 Å². The van der Waals surface area contributed by atoms with E-state index in [2.05, 4.69) is 0 Å². The molecule has 1 fully saturated rings. The lowest BCUT2D eigenvalue weighted by atomic mass is 10.1. The number of morpholine rings is 1. The fourth-order valence-electron chi connectivity index (χ4n) is 1.87. The number of nitrogens with zero attached hydrogens (tertiary/aromatic N) is 1. The molecule has 0 spiro atoms. The quantitative estimate of drug-likeness (QED) is 0.749. The minimum absolute atomic E-state index is 0.00300. The number of amides is 1. The Hall–Kier alpha value is -1.62. The Morgan fingerprint density at radius 3 is 3.00 bits per heavy atom. The molecule has 2 rings (SSSR count). The van der Waals surface area contributed by atoms with Crippen LogP contribution in [-0.2, 0) is 4.74 Å². The van der Waals surface area contributed by atoms with Crippen molar-refractivity contribution in [3.05, 3.63) is 29.6 Å². The fourth-order valence-corrected chi connectivity index (χ4v) is 1.87. The lowest BCUT2D eigenvalue weighted by Crippen LogP contribution is -2.47. The molecule has 0 saturated carbocycles. The van der Waals surface area contributed by atoms with Crippen molar-refractivity contribution >= 4 is 11.6 Å². The maximum absolute atomic E-state index is 13.0. The van der Waals surface area contributed by atoms with E-state index in [1.54, 1.807) is 4.90 Å². The van der Waals surface area contributed by atoms with Crippen molar-refractivity contribution in [3.8, 4) is 0 Å². The van der Waals surface area contributed by atoms with Crippen molar-refractivity contribution < 1.29 is 13.9 Å². The molecule has 1 aliphatic rings. The number of anilines is 1. The molecule has 92 valence electrons. The molecule has 17 heavy (non-hydrogen) atoms. The van der Waals surface area contributed by atoms with Crippen molar-refractivity contribution in [1.82, 2.24) is 4.90 Å². The second-order valence-corrected chi connectivity index (χ2v) is 4.16. The summed E-state index contributed by atoms with van der Waals surface area (Å²) >= 11 is 0. The summed E-state index contributed by atoms with van der Waals surface area (Å²) in [6.45, 7) is 3.54. The number of carbonyl (C=O) groups is 1. The van der Waals surface area contributed by atoms with E-state index in [9.17, 15) is 9.18 Å². The second kappa shape index (κ2) is 4.71. The zero-order valence-electron chi connectivity index (χ0n) is 9.65. The van der Waals surface area contributed by atoms with Gasteiger partial charge in [0.05, 0.1) is 24.9 Å². The molecule has 1 amide bonds. The van der Waals surface area contributed by atoms with Gasteiger partial charge in [0, 0.05) is 12.1 Å². The third-order valence-electron chi connectivity index (χ3n) is 2.87. The minimum Gasteiger partial charge on any atom is -0.396 e. The topological polar surface area (TPSA) is 55.6 Å². The van der Waals surface area contributed by atoms with Gasteiger partial charge in [0.1, 0.15) is 5.82 Å². The van der Waals surface area contributed by atoms with Gasteiger partial charge in [0.2, 0.25) is 0 Å². The van der Waals surface area contributed by atoms with Gasteiger partial charge in [-0.25, -0.2) is 4.39 Å². The fraction of sp³-hybridized carbons (Fsp3) is 0.417. The van der Waals surface area contributed by atoms with Gasteiger partial charge in [-0.3, -0.25) is 4.79 Å². The van der Waals surface area contributed by atoms with Crippen LogP contribution in [0.1, 0.15) is 17.3 Å². The number of nitrogens with two attached hydrogens (primary N) is 1. The Kier molecular flexibility index (Phi) is 3.28. The van der Waals surface area contributed by atoms with E-state index in [1.807, 2.05) is 6.92 Å². The van der Waals surface area contributed by atoms with Gasteiger partial charge in [-0.15, -0.1) is 0 Å². The Labute approximate surface area is 99.2 Å². The molecule has 0 unspecified atom stereocenters. The number of nitrogen functional groups attached to an aromatic ring is 1. The van der Waals surface area contributed by atoms with Crippen LogP contribution in [-0.4, -0.2) is 36.6 Å². The predicted molar refractivity (Wildman–Crippen MR) is 62.1 cm³/mol. The molecule has 0 radical (unpaired) electrons. The van der Waals surface area contributed by atoms with Crippen molar-refractivity contribution in [1.29, 1.82) is 0 Å². The maximum Gasteiger partial charge on any atom is 0.254 e. The smallest absolute Gasteiger partial charge is 0.254 e. The van der Waals surface area contributed by atoms with Gasteiger partial charge >= 0.3 is 0 Å². The van der Waals surface area contributed by atoms with Crippen LogP contribution < -0.4 is 5.73 Å². The van der Waals surface area contributed by atoms with Gasteiger partial charge in [-0.05, 0) is 25.1 Å². The molecular weight excluding hydrogens is 223 g/mol. The number of rotatable bonds is 1. The van der Waals surface area contributed by atoms with Crippen LogP contribution in [0.5, 0.6) is 0 Å². The summed E-state index contributed by atoms with van der Waals surface area (Å²) in [6.07, 6.45) is 0. The highest BCUT2D eigenvalue weighted by Crippen LogP contribution is 2.16. The number of hydrogen-bond acceptors (Lipinski definition) is 3. The first-order valence-electron chi connectivity index (χ1n) is 5.53. The Morgan fingerprint density at radius 1 is 1.59 bits per heavy atom. The van der Waals surface area contributed by atoms with Crippen LogP contribution in [0.15, 0.2) is 18.2 Å². The van der Waals surface area contributed by atoms with E-state index in [-0.39, 0.29) is 17.6 Å². The largest absolute Gasteiger partial charge is 0.396 e. The summed E-state index contributed by atoms with van der Waals surface area (Å²) < 4.78 is 18.3. The molecular formula is C12H15FN2O2. The summed E-state index contributed by atoms with van der Waals surface area (Å²) in [7, 11) is 0. The summed E-state index contributed by atoms with van der Waals surface area (Å²) in [5.74, 6) is -0.635. The van der Waals surface area contributed by atoms with E-state index < -0.39 is 5.82 Å². The number of ether oxygens (including phenoxy) is 1. The van der Waals surface area contributed by atoms with E-state index in [4.69, 9.17) is 10.5 Å². The van der Waals surface area contributed by atoms with Crippen LogP contribution in [0.3, 0.4) is 0 Å². The highest BCUT2D eigenvalue weighted by atomic mass is 19.1. The molecule has 5 heteroatoms. The van der Waals surface area contributed by atoms with E-state index in [0.29, 0.717) is 25.3 Å². The molecule has 1 atom stereocenters. The summed E-state index contributed by atoms with van der Waals surface area (Å²) in [5, 5.41) is 0. The number of halogens is 1. The normalized spacial score (nSPS) is 20.4. The number of benzene rings is 1. The van der Waals surface area contributed by atoms with Crippen LogP contribution >= 0.6 is 0 Å². The molecule has 0 aliphatic carbocycles. The summed E-state index contributed by atoms with van der Waals surface area (Å²) in [6, 6.07) is 4.08. The molecule has 1 aliphatic heterocycles.